The Balaban J connectivity index is 1.63. The van der Waals surface area contributed by atoms with Crippen LogP contribution in [-0.4, -0.2) is 70.4 Å². The van der Waals surface area contributed by atoms with E-state index in [1.54, 1.807) is 35.0 Å². The summed E-state index contributed by atoms with van der Waals surface area (Å²) in [5.41, 5.74) is 2.23. The molecule has 2 fully saturated rings. The third-order valence-electron chi connectivity index (χ3n) is 6.13. The summed E-state index contributed by atoms with van der Waals surface area (Å²) in [7, 11) is 2.10. The van der Waals surface area contributed by atoms with E-state index in [1.807, 2.05) is 0 Å². The minimum absolute atomic E-state index is 0.0290. The SMILES string of the molecule is CN1CCN(c2ncc3nc(-c4cccc(C#N)c4)c(=O)n(C[C@H]4CCCO4)c3n2)CC1. The van der Waals surface area contributed by atoms with E-state index in [1.165, 1.54) is 0 Å². The van der Waals surface area contributed by atoms with Gasteiger partial charge in [0.05, 0.1) is 30.5 Å². The molecule has 0 unspecified atom stereocenters. The second-order valence-electron chi connectivity index (χ2n) is 8.37. The number of anilines is 1. The van der Waals surface area contributed by atoms with Crippen molar-refractivity contribution in [3.05, 3.63) is 46.4 Å². The van der Waals surface area contributed by atoms with E-state index >= 15 is 0 Å². The molecular weight excluding hydrogens is 406 g/mol. The van der Waals surface area contributed by atoms with Crippen LogP contribution >= 0.6 is 0 Å². The summed E-state index contributed by atoms with van der Waals surface area (Å²) in [6.07, 6.45) is 3.56. The van der Waals surface area contributed by atoms with Gasteiger partial charge in [-0.05, 0) is 32.0 Å². The van der Waals surface area contributed by atoms with E-state index < -0.39 is 0 Å². The van der Waals surface area contributed by atoms with Gasteiger partial charge in [0.2, 0.25) is 5.95 Å². The molecule has 0 bridgehead atoms. The predicted molar refractivity (Wildman–Crippen MR) is 120 cm³/mol. The Bertz CT molecular complexity index is 1240. The van der Waals surface area contributed by atoms with Crippen LogP contribution in [0.3, 0.4) is 0 Å². The number of nitriles is 1. The molecule has 5 rings (SSSR count). The van der Waals surface area contributed by atoms with Gasteiger partial charge in [-0.2, -0.15) is 10.2 Å². The lowest BCUT2D eigenvalue weighted by molar-refractivity contribution is 0.0971. The molecule has 0 amide bonds. The van der Waals surface area contributed by atoms with Gasteiger partial charge in [-0.15, -0.1) is 0 Å². The van der Waals surface area contributed by atoms with Crippen LogP contribution in [0.15, 0.2) is 35.3 Å². The summed E-state index contributed by atoms with van der Waals surface area (Å²) < 4.78 is 7.49. The fraction of sp³-hybridized carbons (Fsp3) is 0.435. The Morgan fingerprint density at radius 3 is 2.81 bits per heavy atom. The molecule has 1 aromatic carbocycles. The second-order valence-corrected chi connectivity index (χ2v) is 8.37. The van der Waals surface area contributed by atoms with Gasteiger partial charge in [0.25, 0.3) is 5.56 Å². The first-order valence-electron chi connectivity index (χ1n) is 11.0. The molecule has 9 nitrogen and oxygen atoms in total. The summed E-state index contributed by atoms with van der Waals surface area (Å²) in [5.74, 6) is 0.618. The van der Waals surface area contributed by atoms with Gasteiger partial charge < -0.3 is 14.5 Å². The van der Waals surface area contributed by atoms with E-state index in [-0.39, 0.29) is 11.7 Å². The lowest BCUT2D eigenvalue weighted by Crippen LogP contribution is -2.45. The third kappa shape index (κ3) is 3.95. The smallest absolute Gasteiger partial charge is 0.278 e. The first-order valence-corrected chi connectivity index (χ1v) is 11.0. The zero-order chi connectivity index (χ0) is 22.1. The van der Waals surface area contributed by atoms with Gasteiger partial charge in [-0.1, -0.05) is 12.1 Å². The Kier molecular flexibility index (Phi) is 5.55. The first-order chi connectivity index (χ1) is 15.6. The monoisotopic (exact) mass is 431 g/mol. The number of aromatic nitrogens is 4. The highest BCUT2D eigenvalue weighted by molar-refractivity contribution is 5.75. The van der Waals surface area contributed by atoms with Gasteiger partial charge in [0.15, 0.2) is 5.65 Å². The number of rotatable bonds is 4. The fourth-order valence-electron chi connectivity index (χ4n) is 4.27. The average Bonchev–Trinajstić information content (AvgIpc) is 3.34. The normalized spacial score (nSPS) is 19.4. The minimum atomic E-state index is -0.230. The van der Waals surface area contributed by atoms with E-state index in [0.717, 1.165) is 39.0 Å². The molecule has 0 radical (unpaired) electrons. The number of hydrogen-bond acceptors (Lipinski definition) is 8. The third-order valence-corrected chi connectivity index (χ3v) is 6.13. The van der Waals surface area contributed by atoms with Gasteiger partial charge in [-0.25, -0.2) is 9.97 Å². The highest BCUT2D eigenvalue weighted by atomic mass is 16.5. The van der Waals surface area contributed by atoms with E-state index in [0.29, 0.717) is 47.1 Å². The molecule has 4 heterocycles. The molecule has 2 aliphatic heterocycles. The van der Waals surface area contributed by atoms with Crippen LogP contribution in [0.1, 0.15) is 18.4 Å². The van der Waals surface area contributed by atoms with Crippen LogP contribution in [0.4, 0.5) is 5.95 Å². The van der Waals surface area contributed by atoms with Crippen molar-refractivity contribution >= 4 is 17.1 Å². The number of fused-ring (bicyclic) bond motifs is 1. The fourth-order valence-corrected chi connectivity index (χ4v) is 4.27. The number of piperazine rings is 1. The largest absolute Gasteiger partial charge is 0.376 e. The molecule has 2 aromatic heterocycles. The van der Waals surface area contributed by atoms with Crippen LogP contribution in [0, 0.1) is 11.3 Å². The molecule has 1 atom stereocenters. The van der Waals surface area contributed by atoms with Crippen molar-refractivity contribution in [3.8, 4) is 17.3 Å². The molecule has 0 N–H and O–H groups in total. The maximum absolute atomic E-state index is 13.6. The van der Waals surface area contributed by atoms with Crippen molar-refractivity contribution in [1.82, 2.24) is 24.4 Å². The predicted octanol–water partition coefficient (Wildman–Crippen LogP) is 1.66. The standard InChI is InChI=1S/C23H25N7O2/c1-28-7-9-29(10-8-28)23-25-14-19-21(27-23)30(15-18-6-3-11-32-18)22(31)20(26-19)17-5-2-4-16(12-17)13-24/h2,4-5,12,14,18H,3,6-11,15H2,1H3/t18-/m1/s1. The first kappa shape index (κ1) is 20.5. The summed E-state index contributed by atoms with van der Waals surface area (Å²) in [5, 5.41) is 9.27. The molecule has 2 saturated heterocycles. The van der Waals surface area contributed by atoms with E-state index in [2.05, 4.69) is 32.9 Å². The Labute approximate surface area is 185 Å². The highest BCUT2D eigenvalue weighted by Crippen LogP contribution is 2.22. The summed E-state index contributed by atoms with van der Waals surface area (Å²) >= 11 is 0. The van der Waals surface area contributed by atoms with Crippen molar-refractivity contribution in [2.45, 2.75) is 25.5 Å². The lowest BCUT2D eigenvalue weighted by atomic mass is 10.1. The number of likely N-dealkylation sites (N-methyl/N-ethyl adjacent to an activating group) is 1. The van der Waals surface area contributed by atoms with Gasteiger partial charge in [0.1, 0.15) is 11.2 Å². The van der Waals surface area contributed by atoms with Crippen molar-refractivity contribution in [3.63, 3.8) is 0 Å². The lowest BCUT2D eigenvalue weighted by Gasteiger charge is -2.32. The van der Waals surface area contributed by atoms with Crippen molar-refractivity contribution in [1.29, 1.82) is 5.26 Å². The highest BCUT2D eigenvalue weighted by Gasteiger charge is 2.23. The molecular formula is C23H25N7O2. The summed E-state index contributed by atoms with van der Waals surface area (Å²) in [6.45, 7) is 4.69. The van der Waals surface area contributed by atoms with Crippen molar-refractivity contribution in [2.24, 2.45) is 0 Å². The molecule has 164 valence electrons. The maximum Gasteiger partial charge on any atom is 0.278 e. The second kappa shape index (κ2) is 8.65. The Morgan fingerprint density at radius 1 is 1.22 bits per heavy atom. The van der Waals surface area contributed by atoms with Gasteiger partial charge >= 0.3 is 0 Å². The van der Waals surface area contributed by atoms with Crippen molar-refractivity contribution < 1.29 is 4.74 Å². The van der Waals surface area contributed by atoms with Crippen LogP contribution in [0.5, 0.6) is 0 Å². The molecule has 2 aliphatic rings. The topological polar surface area (TPSA) is 100 Å². The maximum atomic E-state index is 13.6. The molecule has 0 saturated carbocycles. The molecule has 32 heavy (non-hydrogen) atoms. The molecule has 3 aromatic rings. The molecule has 0 aliphatic carbocycles. The zero-order valence-electron chi connectivity index (χ0n) is 18.1. The van der Waals surface area contributed by atoms with Gasteiger partial charge in [0, 0.05) is 38.3 Å². The zero-order valence-corrected chi connectivity index (χ0v) is 18.1. The van der Waals surface area contributed by atoms with Crippen LogP contribution in [0.25, 0.3) is 22.4 Å². The number of hydrogen-bond donors (Lipinski definition) is 0. The minimum Gasteiger partial charge on any atom is -0.376 e. The van der Waals surface area contributed by atoms with Gasteiger partial charge in [-0.3, -0.25) is 9.36 Å². The average molecular weight is 432 g/mol. The summed E-state index contributed by atoms with van der Waals surface area (Å²) in [4.78, 5) is 32.0. The van der Waals surface area contributed by atoms with Crippen LogP contribution in [-0.2, 0) is 11.3 Å². The molecule has 0 spiro atoms. The quantitative estimate of drug-likeness (QED) is 0.615. The number of ether oxygens (including phenoxy) is 1. The van der Waals surface area contributed by atoms with Crippen LogP contribution < -0.4 is 10.5 Å². The summed E-state index contributed by atoms with van der Waals surface area (Å²) in [6, 6.07) is 9.08. The van der Waals surface area contributed by atoms with Crippen LogP contribution in [0.2, 0.25) is 0 Å². The van der Waals surface area contributed by atoms with E-state index in [4.69, 9.17) is 9.72 Å². The Morgan fingerprint density at radius 2 is 2.06 bits per heavy atom. The van der Waals surface area contributed by atoms with Crippen molar-refractivity contribution in [2.75, 3.05) is 44.7 Å². The number of benzene rings is 1. The Hall–Kier alpha value is -3.35. The molecule has 9 heteroatoms. The van der Waals surface area contributed by atoms with E-state index in [9.17, 15) is 10.1 Å². The number of nitrogens with zero attached hydrogens (tertiary/aromatic N) is 7.